The van der Waals surface area contributed by atoms with Gasteiger partial charge in [-0.05, 0) is 133 Å². The van der Waals surface area contributed by atoms with Crippen molar-refractivity contribution in [2.45, 2.75) is 66.3 Å². The Morgan fingerprint density at radius 2 is 1.39 bits per heavy atom. The largest absolute Gasteiger partial charge is 0.400 e. The summed E-state index contributed by atoms with van der Waals surface area (Å²) < 4.78 is 2.47. The van der Waals surface area contributed by atoms with Crippen LogP contribution in [0.4, 0.5) is 11.4 Å². The highest BCUT2D eigenvalue weighted by atomic mass is 15.0. The van der Waals surface area contributed by atoms with E-state index >= 15 is 0 Å². The number of hydrogen-bond donors (Lipinski definition) is 4. The lowest BCUT2D eigenvalue weighted by Gasteiger charge is -2.21. The van der Waals surface area contributed by atoms with Gasteiger partial charge in [0, 0.05) is 63.3 Å². The first kappa shape index (κ1) is 40.4. The van der Waals surface area contributed by atoms with Crippen molar-refractivity contribution in [2.75, 3.05) is 17.7 Å². The Morgan fingerprint density at radius 3 is 2.13 bits per heavy atom. The second-order valence-electron chi connectivity index (χ2n) is 16.6. The third-order valence-corrected chi connectivity index (χ3v) is 12.8. The number of rotatable bonds is 12. The first-order valence-electron chi connectivity index (χ1n) is 22.3. The van der Waals surface area contributed by atoms with Gasteiger partial charge < -0.3 is 25.9 Å². The summed E-state index contributed by atoms with van der Waals surface area (Å²) >= 11 is 0. The molecule has 0 saturated heterocycles. The Bertz CT molecular complexity index is 3060. The minimum atomic E-state index is 0.820. The van der Waals surface area contributed by atoms with Gasteiger partial charge in [-0.3, -0.25) is 0 Å². The average molecular weight is 812 g/mol. The van der Waals surface area contributed by atoms with Crippen LogP contribution in [0.25, 0.3) is 68.2 Å². The Hall–Kier alpha value is -6.98. The number of anilines is 2. The number of allylic oxidation sites excluding steroid dienone is 9. The predicted molar refractivity (Wildman–Crippen MR) is 270 cm³/mol. The lowest BCUT2D eigenvalue weighted by atomic mass is 9.92. The van der Waals surface area contributed by atoms with Gasteiger partial charge in [0.25, 0.3) is 0 Å². The van der Waals surface area contributed by atoms with Gasteiger partial charge in [0.1, 0.15) is 0 Å². The van der Waals surface area contributed by atoms with Gasteiger partial charge in [0.15, 0.2) is 0 Å². The fourth-order valence-electron chi connectivity index (χ4n) is 9.45. The molecule has 2 aliphatic rings. The van der Waals surface area contributed by atoms with Crippen molar-refractivity contribution in [1.82, 2.24) is 9.55 Å². The van der Waals surface area contributed by atoms with Crippen LogP contribution in [0.15, 0.2) is 144 Å². The number of nitrogens with zero attached hydrogens (tertiary/aromatic N) is 1. The van der Waals surface area contributed by atoms with Crippen LogP contribution in [-0.2, 0) is 13.0 Å². The highest BCUT2D eigenvalue weighted by molar-refractivity contribution is 6.08. The second-order valence-corrected chi connectivity index (χ2v) is 16.6. The topological polar surface area (TPSA) is 70.8 Å². The molecule has 0 fully saturated rings. The zero-order valence-electron chi connectivity index (χ0n) is 36.7. The van der Waals surface area contributed by atoms with Crippen LogP contribution in [0.1, 0.15) is 91.1 Å². The fraction of sp³-hybridized carbons (Fsp3) is 0.193. The fourth-order valence-corrected chi connectivity index (χ4v) is 9.45. The number of aromatic nitrogens is 2. The summed E-state index contributed by atoms with van der Waals surface area (Å²) in [4.78, 5) is 3.73. The standard InChI is InChI=1S/C57H57N5/c1-6-10-48-49-30-22-41(34-56(49)62(8-3)55(48)7-2)16-14-39-19-25-43(26-20-39)42-23-17-38(18-24-42)13-15-40-21-29-46-47-31-27-44(35-53(47)61-52(46)33-40)45-28-32-50(58)54(36-45)60-51-12-9-11-37(4)57(51)59-5/h6,9-17,19-23,25-27,29-31,33-36,59-61H,7-8,18,24,28,32,58H2,1-5H3/b10-6-,15-13+,16-14+. The number of fused-ring (bicyclic) bond motifs is 4. The first-order chi connectivity index (χ1) is 30.3. The molecule has 0 unspecified atom stereocenters. The normalized spacial score (nSPS) is 14.8. The van der Waals surface area contributed by atoms with E-state index in [4.69, 9.17) is 5.73 Å². The van der Waals surface area contributed by atoms with Crippen molar-refractivity contribution in [3.8, 4) is 0 Å². The molecule has 0 radical (unpaired) electrons. The zero-order chi connectivity index (χ0) is 42.7. The van der Waals surface area contributed by atoms with Crippen LogP contribution < -0.4 is 16.4 Å². The number of aromatic amines is 1. The molecule has 0 bridgehead atoms. The van der Waals surface area contributed by atoms with Gasteiger partial charge >= 0.3 is 0 Å². The number of benzene rings is 5. The summed E-state index contributed by atoms with van der Waals surface area (Å²) in [6.45, 7) is 9.68. The van der Waals surface area contributed by atoms with E-state index in [9.17, 15) is 0 Å². The van der Waals surface area contributed by atoms with E-state index in [0.29, 0.717) is 0 Å². The summed E-state index contributed by atoms with van der Waals surface area (Å²) in [5, 5.41) is 10.8. The highest BCUT2D eigenvalue weighted by Crippen LogP contribution is 2.36. The Balaban J connectivity index is 0.865. The van der Waals surface area contributed by atoms with Gasteiger partial charge in [-0.1, -0.05) is 128 Å². The molecule has 62 heavy (non-hydrogen) atoms. The minimum absolute atomic E-state index is 0.820. The molecule has 310 valence electrons. The van der Waals surface area contributed by atoms with Gasteiger partial charge in [-0.2, -0.15) is 0 Å². The number of aryl methyl sites for hydroxylation is 2. The molecule has 2 aliphatic carbocycles. The van der Waals surface area contributed by atoms with Gasteiger partial charge in [0.2, 0.25) is 0 Å². The molecule has 0 atom stereocenters. The van der Waals surface area contributed by atoms with Crippen molar-refractivity contribution >= 4 is 79.5 Å². The van der Waals surface area contributed by atoms with Gasteiger partial charge in [0.05, 0.1) is 17.1 Å². The third kappa shape index (κ3) is 7.99. The van der Waals surface area contributed by atoms with Crippen LogP contribution in [0.5, 0.6) is 0 Å². The molecule has 5 N–H and O–H groups in total. The molecule has 0 spiro atoms. The van der Waals surface area contributed by atoms with Crippen LogP contribution >= 0.6 is 0 Å². The maximum absolute atomic E-state index is 6.54. The van der Waals surface area contributed by atoms with E-state index in [0.717, 1.165) is 72.5 Å². The quantitative estimate of drug-likeness (QED) is 0.0929. The van der Waals surface area contributed by atoms with Crippen molar-refractivity contribution in [1.29, 1.82) is 0 Å². The van der Waals surface area contributed by atoms with E-state index in [1.807, 2.05) is 7.05 Å². The monoisotopic (exact) mass is 811 g/mol. The summed E-state index contributed by atoms with van der Waals surface area (Å²) in [6.07, 6.45) is 25.0. The van der Waals surface area contributed by atoms with E-state index in [1.54, 1.807) is 0 Å². The Labute approximate surface area is 366 Å². The molecular formula is C57H57N5. The third-order valence-electron chi connectivity index (χ3n) is 12.8. The highest BCUT2D eigenvalue weighted by Gasteiger charge is 2.17. The number of hydrogen-bond acceptors (Lipinski definition) is 3. The first-order valence-corrected chi connectivity index (χ1v) is 22.3. The van der Waals surface area contributed by atoms with E-state index in [2.05, 4.69) is 200 Å². The number of H-pyrrole nitrogens is 1. The molecule has 0 amide bonds. The maximum atomic E-state index is 6.54. The van der Waals surface area contributed by atoms with Crippen LogP contribution in [0.3, 0.4) is 0 Å². The van der Waals surface area contributed by atoms with E-state index in [-0.39, 0.29) is 0 Å². The second kappa shape index (κ2) is 17.6. The smallest absolute Gasteiger partial charge is 0.0623 e. The summed E-state index contributed by atoms with van der Waals surface area (Å²) in [5.41, 5.74) is 28.2. The molecule has 5 heteroatoms. The van der Waals surface area contributed by atoms with Crippen molar-refractivity contribution in [3.05, 3.63) is 189 Å². The molecule has 2 heterocycles. The number of para-hydroxylation sites is 1. The summed E-state index contributed by atoms with van der Waals surface area (Å²) in [5.74, 6) is 0. The lowest BCUT2D eigenvalue weighted by molar-refractivity contribution is 0.744. The minimum Gasteiger partial charge on any atom is -0.400 e. The predicted octanol–water partition coefficient (Wildman–Crippen LogP) is 14.7. The molecule has 0 aliphatic heterocycles. The van der Waals surface area contributed by atoms with E-state index < -0.39 is 0 Å². The van der Waals surface area contributed by atoms with Crippen LogP contribution in [-0.4, -0.2) is 16.6 Å². The van der Waals surface area contributed by atoms with Crippen molar-refractivity contribution in [2.24, 2.45) is 5.73 Å². The van der Waals surface area contributed by atoms with Crippen molar-refractivity contribution < 1.29 is 0 Å². The van der Waals surface area contributed by atoms with Gasteiger partial charge in [-0.25, -0.2) is 0 Å². The molecular weight excluding hydrogens is 755 g/mol. The maximum Gasteiger partial charge on any atom is 0.0623 e. The van der Waals surface area contributed by atoms with Crippen LogP contribution in [0.2, 0.25) is 0 Å². The SMILES string of the molecule is C/C=C\c1c(CC)n(CC)c2cc(/C=C/c3ccc(C4=CC=C(/C=C/c5ccc6c(c5)[nH]c5cc(C7=CC(Nc8cccc(C)c8NC)=C(N)CC7)ccc56)CC4)cc3)ccc12. The lowest BCUT2D eigenvalue weighted by Crippen LogP contribution is -2.13. The molecule has 0 saturated carbocycles. The molecule has 5 nitrogen and oxygen atoms in total. The zero-order valence-corrected chi connectivity index (χ0v) is 36.7. The Morgan fingerprint density at radius 1 is 0.694 bits per heavy atom. The van der Waals surface area contributed by atoms with Crippen molar-refractivity contribution in [3.63, 3.8) is 0 Å². The Kier molecular flexibility index (Phi) is 11.4. The summed E-state index contributed by atoms with van der Waals surface area (Å²) in [6, 6.07) is 35.7. The average Bonchev–Trinajstić information content (AvgIpc) is 3.82. The van der Waals surface area contributed by atoms with Crippen LogP contribution in [0, 0.1) is 6.92 Å². The van der Waals surface area contributed by atoms with Gasteiger partial charge in [-0.15, -0.1) is 0 Å². The van der Waals surface area contributed by atoms with E-state index in [1.165, 1.54) is 83.0 Å². The number of nitrogens with one attached hydrogen (secondary N) is 3. The molecule has 9 rings (SSSR count). The molecule has 5 aromatic carbocycles. The number of nitrogens with two attached hydrogens (primary N) is 1. The summed E-state index contributed by atoms with van der Waals surface area (Å²) in [7, 11) is 1.96. The molecule has 7 aromatic rings. The molecule has 2 aromatic heterocycles.